The minimum absolute atomic E-state index is 0.0744. The number of hydrogen-bond acceptors (Lipinski definition) is 4. The monoisotopic (exact) mass is 264 g/mol. The quantitative estimate of drug-likeness (QED) is 0.850. The first-order valence-electron chi connectivity index (χ1n) is 6.55. The van der Waals surface area contributed by atoms with Crippen LogP contribution in [0, 0.1) is 0 Å². The SMILES string of the molecule is COC(=O)c1ccc([C@@H]2CC(OC)CC[C@@H]2O)cc1. The molecule has 0 heterocycles. The summed E-state index contributed by atoms with van der Waals surface area (Å²) in [6.45, 7) is 0. The Balaban J connectivity index is 2.14. The van der Waals surface area contributed by atoms with Gasteiger partial charge in [0.15, 0.2) is 0 Å². The Morgan fingerprint density at radius 2 is 1.89 bits per heavy atom. The third-order valence-electron chi connectivity index (χ3n) is 3.86. The van der Waals surface area contributed by atoms with E-state index in [4.69, 9.17) is 4.74 Å². The van der Waals surface area contributed by atoms with Gasteiger partial charge in [0.2, 0.25) is 0 Å². The molecule has 0 bridgehead atoms. The summed E-state index contributed by atoms with van der Waals surface area (Å²) >= 11 is 0. The van der Waals surface area contributed by atoms with Gasteiger partial charge in [0.1, 0.15) is 0 Å². The van der Waals surface area contributed by atoms with Crippen LogP contribution < -0.4 is 0 Å². The average Bonchev–Trinajstić information content (AvgIpc) is 2.47. The Kier molecular flexibility index (Phi) is 4.56. The first kappa shape index (κ1) is 14.0. The highest BCUT2D eigenvalue weighted by Gasteiger charge is 2.30. The van der Waals surface area contributed by atoms with Crippen LogP contribution in [0.15, 0.2) is 24.3 Å². The van der Waals surface area contributed by atoms with E-state index >= 15 is 0 Å². The number of aliphatic hydroxyl groups excluding tert-OH is 1. The predicted molar refractivity (Wildman–Crippen MR) is 71.2 cm³/mol. The molecule has 2 rings (SSSR count). The van der Waals surface area contributed by atoms with Gasteiger partial charge in [0.25, 0.3) is 0 Å². The zero-order chi connectivity index (χ0) is 13.8. The maximum absolute atomic E-state index is 11.4. The molecule has 1 N–H and O–H groups in total. The number of rotatable bonds is 3. The highest BCUT2D eigenvalue weighted by molar-refractivity contribution is 5.89. The molecular formula is C15H20O4. The van der Waals surface area contributed by atoms with Crippen molar-refractivity contribution < 1.29 is 19.4 Å². The second-order valence-corrected chi connectivity index (χ2v) is 4.96. The number of aliphatic hydroxyl groups is 1. The van der Waals surface area contributed by atoms with Crippen molar-refractivity contribution in [1.29, 1.82) is 0 Å². The minimum Gasteiger partial charge on any atom is -0.465 e. The smallest absolute Gasteiger partial charge is 0.337 e. The van der Waals surface area contributed by atoms with Crippen LogP contribution in [0.3, 0.4) is 0 Å². The number of methoxy groups -OCH3 is 2. The Morgan fingerprint density at radius 1 is 1.21 bits per heavy atom. The lowest BCUT2D eigenvalue weighted by Gasteiger charge is -2.32. The molecule has 104 valence electrons. The zero-order valence-corrected chi connectivity index (χ0v) is 11.3. The minimum atomic E-state index is -0.342. The molecule has 0 saturated heterocycles. The van der Waals surface area contributed by atoms with Crippen molar-refractivity contribution >= 4 is 5.97 Å². The maximum Gasteiger partial charge on any atom is 0.337 e. The second kappa shape index (κ2) is 6.17. The van der Waals surface area contributed by atoms with Crippen LogP contribution >= 0.6 is 0 Å². The first-order chi connectivity index (χ1) is 9.15. The van der Waals surface area contributed by atoms with Crippen LogP contribution in [0.25, 0.3) is 0 Å². The molecule has 19 heavy (non-hydrogen) atoms. The van der Waals surface area contributed by atoms with Crippen molar-refractivity contribution in [3.05, 3.63) is 35.4 Å². The van der Waals surface area contributed by atoms with E-state index < -0.39 is 0 Å². The van der Waals surface area contributed by atoms with Crippen LogP contribution in [-0.4, -0.2) is 37.5 Å². The van der Waals surface area contributed by atoms with E-state index in [2.05, 4.69) is 4.74 Å². The van der Waals surface area contributed by atoms with E-state index in [1.807, 2.05) is 12.1 Å². The fourth-order valence-electron chi connectivity index (χ4n) is 2.67. The summed E-state index contributed by atoms with van der Waals surface area (Å²) in [4.78, 5) is 11.4. The molecule has 3 atom stereocenters. The molecule has 1 aliphatic rings. The number of carbonyl (C=O) groups is 1. The summed E-state index contributed by atoms with van der Waals surface area (Å²) in [6, 6.07) is 7.25. The molecule has 1 saturated carbocycles. The summed E-state index contributed by atoms with van der Waals surface area (Å²) < 4.78 is 10.1. The van der Waals surface area contributed by atoms with Gasteiger partial charge in [0.05, 0.1) is 24.9 Å². The molecule has 1 aromatic carbocycles. The van der Waals surface area contributed by atoms with Gasteiger partial charge in [-0.1, -0.05) is 12.1 Å². The molecule has 4 nitrogen and oxygen atoms in total. The third kappa shape index (κ3) is 3.14. The third-order valence-corrected chi connectivity index (χ3v) is 3.86. The van der Waals surface area contributed by atoms with E-state index in [0.717, 1.165) is 24.8 Å². The average molecular weight is 264 g/mol. The lowest BCUT2D eigenvalue weighted by molar-refractivity contribution is 0.00981. The largest absolute Gasteiger partial charge is 0.465 e. The fourth-order valence-corrected chi connectivity index (χ4v) is 2.67. The van der Waals surface area contributed by atoms with E-state index in [0.29, 0.717) is 5.56 Å². The van der Waals surface area contributed by atoms with Crippen LogP contribution in [0.4, 0.5) is 0 Å². The van der Waals surface area contributed by atoms with Gasteiger partial charge in [-0.25, -0.2) is 4.79 Å². The molecule has 0 amide bonds. The summed E-state index contributed by atoms with van der Waals surface area (Å²) in [5.41, 5.74) is 1.57. The molecule has 1 fully saturated rings. The van der Waals surface area contributed by atoms with Gasteiger partial charge in [-0.2, -0.15) is 0 Å². The lowest BCUT2D eigenvalue weighted by Crippen LogP contribution is -2.31. The van der Waals surface area contributed by atoms with Crippen molar-refractivity contribution in [3.8, 4) is 0 Å². The van der Waals surface area contributed by atoms with Gasteiger partial charge in [-0.05, 0) is 37.0 Å². The van der Waals surface area contributed by atoms with Crippen molar-refractivity contribution in [2.45, 2.75) is 37.4 Å². The molecule has 0 aromatic heterocycles. The van der Waals surface area contributed by atoms with E-state index in [1.165, 1.54) is 7.11 Å². The lowest BCUT2D eigenvalue weighted by atomic mass is 9.80. The van der Waals surface area contributed by atoms with Crippen molar-refractivity contribution in [3.63, 3.8) is 0 Å². The van der Waals surface area contributed by atoms with Gasteiger partial charge >= 0.3 is 5.97 Å². The highest BCUT2D eigenvalue weighted by atomic mass is 16.5. The number of carbonyl (C=O) groups excluding carboxylic acids is 1. The molecule has 0 aliphatic heterocycles. The fraction of sp³-hybridized carbons (Fsp3) is 0.533. The Morgan fingerprint density at radius 3 is 2.47 bits per heavy atom. The molecule has 0 radical (unpaired) electrons. The molecule has 0 spiro atoms. The number of ether oxygens (including phenoxy) is 2. The molecule has 1 unspecified atom stereocenters. The number of hydrogen-bond donors (Lipinski definition) is 1. The van der Waals surface area contributed by atoms with E-state index in [1.54, 1.807) is 19.2 Å². The van der Waals surface area contributed by atoms with Gasteiger partial charge < -0.3 is 14.6 Å². The Labute approximate surface area is 113 Å². The summed E-state index contributed by atoms with van der Waals surface area (Å²) in [6.07, 6.45) is 2.33. The van der Waals surface area contributed by atoms with Crippen LogP contribution in [0.2, 0.25) is 0 Å². The Bertz CT molecular complexity index is 426. The summed E-state index contributed by atoms with van der Waals surface area (Å²) in [5.74, 6) is -0.268. The zero-order valence-electron chi connectivity index (χ0n) is 11.3. The molecular weight excluding hydrogens is 244 g/mol. The maximum atomic E-state index is 11.4. The van der Waals surface area contributed by atoms with Crippen LogP contribution in [-0.2, 0) is 9.47 Å². The summed E-state index contributed by atoms with van der Waals surface area (Å²) in [7, 11) is 3.07. The number of esters is 1. The van der Waals surface area contributed by atoms with Crippen LogP contribution in [0.5, 0.6) is 0 Å². The predicted octanol–water partition coefficient (Wildman–Crippen LogP) is 2.12. The van der Waals surface area contributed by atoms with E-state index in [9.17, 15) is 9.90 Å². The van der Waals surface area contributed by atoms with Crippen molar-refractivity contribution in [2.75, 3.05) is 14.2 Å². The van der Waals surface area contributed by atoms with Crippen LogP contribution in [0.1, 0.15) is 41.1 Å². The van der Waals surface area contributed by atoms with Gasteiger partial charge in [-0.3, -0.25) is 0 Å². The molecule has 4 heteroatoms. The second-order valence-electron chi connectivity index (χ2n) is 4.96. The molecule has 1 aromatic rings. The van der Waals surface area contributed by atoms with Gasteiger partial charge in [-0.15, -0.1) is 0 Å². The van der Waals surface area contributed by atoms with Gasteiger partial charge in [0, 0.05) is 13.0 Å². The highest BCUT2D eigenvalue weighted by Crippen LogP contribution is 2.34. The topological polar surface area (TPSA) is 55.8 Å². The normalized spacial score (nSPS) is 27.0. The van der Waals surface area contributed by atoms with E-state index in [-0.39, 0.29) is 24.1 Å². The first-order valence-corrected chi connectivity index (χ1v) is 6.55. The summed E-state index contributed by atoms with van der Waals surface area (Å²) in [5, 5.41) is 10.1. The van der Waals surface area contributed by atoms with Crippen molar-refractivity contribution in [1.82, 2.24) is 0 Å². The van der Waals surface area contributed by atoms with Crippen molar-refractivity contribution in [2.24, 2.45) is 0 Å². The standard InChI is InChI=1S/C15H20O4/c1-18-12-7-8-14(16)13(9-12)10-3-5-11(6-4-10)15(17)19-2/h3-6,12-14,16H,7-9H2,1-2H3/t12?,13-,14-/m0/s1. The Hall–Kier alpha value is -1.39. The molecule has 1 aliphatic carbocycles. The number of benzene rings is 1.